The van der Waals surface area contributed by atoms with Crippen LogP contribution in [0.4, 0.5) is 0 Å². The molecule has 0 amide bonds. The highest BCUT2D eigenvalue weighted by atomic mass is 16.3. The molecule has 0 saturated heterocycles. The Labute approximate surface area is 184 Å². The first kappa shape index (κ1) is 22.8. The minimum Gasteiger partial charge on any atom is -0.393 e. The summed E-state index contributed by atoms with van der Waals surface area (Å²) in [6.07, 6.45) is 13.2. The maximum atomic E-state index is 11.6. The van der Waals surface area contributed by atoms with E-state index in [4.69, 9.17) is 5.73 Å². The standard InChI is InChI=1S/C26H46N2O2/c1-17-23(27)16-22-24(30)21(10-13-25(17,22)2)26(3)12-9-20(29)15-18(26)11-14-28-19-7-5-4-6-8-19/h18-24,28-30H,1,4-16,27H2,2-3H3/t18-,20-,21?,22?,23?,24+,25+,26-/m0/s1. The van der Waals surface area contributed by atoms with Gasteiger partial charge in [-0.25, -0.2) is 0 Å². The molecule has 5 N–H and O–H groups in total. The van der Waals surface area contributed by atoms with Crippen molar-refractivity contribution in [1.82, 2.24) is 5.32 Å². The second-order valence-electron chi connectivity index (χ2n) is 11.7. The van der Waals surface area contributed by atoms with Crippen molar-refractivity contribution in [3.63, 3.8) is 0 Å². The molecule has 4 aliphatic rings. The summed E-state index contributed by atoms with van der Waals surface area (Å²) in [5.74, 6) is 1.02. The topological polar surface area (TPSA) is 78.5 Å². The van der Waals surface area contributed by atoms with Crippen molar-refractivity contribution in [1.29, 1.82) is 0 Å². The molecule has 4 aliphatic carbocycles. The van der Waals surface area contributed by atoms with Crippen LogP contribution in [0.5, 0.6) is 0 Å². The van der Waals surface area contributed by atoms with Gasteiger partial charge >= 0.3 is 0 Å². The number of hydrogen-bond donors (Lipinski definition) is 4. The predicted molar refractivity (Wildman–Crippen MR) is 123 cm³/mol. The van der Waals surface area contributed by atoms with E-state index < -0.39 is 0 Å². The zero-order chi connectivity index (χ0) is 21.5. The van der Waals surface area contributed by atoms with Gasteiger partial charge in [-0.3, -0.25) is 0 Å². The Bertz CT molecular complexity index is 618. The van der Waals surface area contributed by atoms with E-state index in [2.05, 4.69) is 25.7 Å². The van der Waals surface area contributed by atoms with Gasteiger partial charge in [0.05, 0.1) is 12.2 Å². The van der Waals surface area contributed by atoms with Crippen LogP contribution in [0.25, 0.3) is 0 Å². The molecular weight excluding hydrogens is 372 g/mol. The molecular formula is C26H46N2O2. The van der Waals surface area contributed by atoms with Crippen LogP contribution >= 0.6 is 0 Å². The molecule has 4 fully saturated rings. The maximum absolute atomic E-state index is 11.6. The summed E-state index contributed by atoms with van der Waals surface area (Å²) in [6, 6.07) is 0.718. The molecule has 0 aromatic rings. The van der Waals surface area contributed by atoms with Gasteiger partial charge in [-0.05, 0) is 92.9 Å². The Morgan fingerprint density at radius 2 is 1.73 bits per heavy atom. The minimum atomic E-state index is -0.303. The molecule has 3 unspecified atom stereocenters. The van der Waals surface area contributed by atoms with Crippen molar-refractivity contribution in [2.45, 2.75) is 115 Å². The fourth-order valence-electron chi connectivity index (χ4n) is 7.93. The van der Waals surface area contributed by atoms with Gasteiger partial charge in [0.1, 0.15) is 0 Å². The third kappa shape index (κ3) is 4.02. The summed E-state index contributed by atoms with van der Waals surface area (Å²) in [7, 11) is 0. The molecule has 4 saturated carbocycles. The minimum absolute atomic E-state index is 0.00208. The highest BCUT2D eigenvalue weighted by molar-refractivity contribution is 5.26. The number of nitrogens with two attached hydrogens (primary N) is 1. The third-order valence-electron chi connectivity index (χ3n) is 10.2. The van der Waals surface area contributed by atoms with E-state index >= 15 is 0 Å². The van der Waals surface area contributed by atoms with E-state index in [-0.39, 0.29) is 35.0 Å². The molecule has 0 aliphatic heterocycles. The second kappa shape index (κ2) is 8.84. The van der Waals surface area contributed by atoms with Crippen LogP contribution in [-0.4, -0.2) is 41.0 Å². The van der Waals surface area contributed by atoms with E-state index in [1.807, 2.05) is 0 Å². The number of nitrogens with one attached hydrogen (secondary N) is 1. The molecule has 0 radical (unpaired) electrons. The molecule has 8 atom stereocenters. The average molecular weight is 419 g/mol. The first-order valence-electron chi connectivity index (χ1n) is 12.8. The molecule has 4 heteroatoms. The predicted octanol–water partition coefficient (Wildman–Crippen LogP) is 4.15. The van der Waals surface area contributed by atoms with Gasteiger partial charge in [0, 0.05) is 12.1 Å². The molecule has 0 heterocycles. The molecule has 0 aromatic heterocycles. The van der Waals surface area contributed by atoms with Gasteiger partial charge in [-0.1, -0.05) is 45.3 Å². The zero-order valence-corrected chi connectivity index (χ0v) is 19.4. The van der Waals surface area contributed by atoms with Crippen LogP contribution in [0.2, 0.25) is 0 Å². The molecule has 4 rings (SSSR count). The van der Waals surface area contributed by atoms with Crippen LogP contribution in [0.3, 0.4) is 0 Å². The lowest BCUT2D eigenvalue weighted by Crippen LogP contribution is -2.53. The van der Waals surface area contributed by atoms with E-state index in [0.29, 0.717) is 17.9 Å². The largest absolute Gasteiger partial charge is 0.393 e. The Morgan fingerprint density at radius 1 is 1.00 bits per heavy atom. The van der Waals surface area contributed by atoms with Gasteiger partial charge < -0.3 is 21.3 Å². The fourth-order valence-corrected chi connectivity index (χ4v) is 7.93. The van der Waals surface area contributed by atoms with Gasteiger partial charge in [0.25, 0.3) is 0 Å². The second-order valence-corrected chi connectivity index (χ2v) is 11.7. The third-order valence-corrected chi connectivity index (χ3v) is 10.2. The highest BCUT2D eigenvalue weighted by Gasteiger charge is 2.58. The fraction of sp³-hybridized carbons (Fsp3) is 0.923. The maximum Gasteiger partial charge on any atom is 0.0610 e. The van der Waals surface area contributed by atoms with E-state index in [0.717, 1.165) is 57.1 Å². The zero-order valence-electron chi connectivity index (χ0n) is 19.4. The lowest BCUT2D eigenvalue weighted by atomic mass is 9.51. The average Bonchev–Trinajstić information content (AvgIpc) is 2.96. The molecule has 172 valence electrons. The van der Waals surface area contributed by atoms with Crippen molar-refractivity contribution in [2.75, 3.05) is 6.54 Å². The lowest BCUT2D eigenvalue weighted by molar-refractivity contribution is -0.120. The summed E-state index contributed by atoms with van der Waals surface area (Å²) in [5, 5.41) is 25.9. The summed E-state index contributed by atoms with van der Waals surface area (Å²) in [5.41, 5.74) is 7.62. The van der Waals surface area contributed by atoms with Gasteiger partial charge in [-0.15, -0.1) is 0 Å². The number of hydrogen-bond acceptors (Lipinski definition) is 4. The first-order valence-corrected chi connectivity index (χ1v) is 12.8. The Balaban J connectivity index is 1.45. The smallest absolute Gasteiger partial charge is 0.0610 e. The monoisotopic (exact) mass is 418 g/mol. The number of fused-ring (bicyclic) bond motifs is 1. The number of aliphatic hydroxyl groups is 2. The van der Waals surface area contributed by atoms with Crippen molar-refractivity contribution in [3.8, 4) is 0 Å². The van der Waals surface area contributed by atoms with E-state index in [9.17, 15) is 10.2 Å². The van der Waals surface area contributed by atoms with Gasteiger partial charge in [0.2, 0.25) is 0 Å². The Morgan fingerprint density at radius 3 is 2.47 bits per heavy atom. The summed E-state index contributed by atoms with van der Waals surface area (Å²) < 4.78 is 0. The van der Waals surface area contributed by atoms with Crippen molar-refractivity contribution >= 4 is 0 Å². The van der Waals surface area contributed by atoms with Gasteiger partial charge in [-0.2, -0.15) is 0 Å². The molecule has 30 heavy (non-hydrogen) atoms. The van der Waals surface area contributed by atoms with Crippen LogP contribution in [-0.2, 0) is 0 Å². The Kier molecular flexibility index (Phi) is 6.71. The Hall–Kier alpha value is -0.420. The molecule has 0 bridgehead atoms. The van der Waals surface area contributed by atoms with E-state index in [1.54, 1.807) is 0 Å². The summed E-state index contributed by atoms with van der Waals surface area (Å²) in [4.78, 5) is 0. The van der Waals surface area contributed by atoms with Crippen LogP contribution in [0, 0.1) is 28.6 Å². The molecule has 0 aromatic carbocycles. The van der Waals surface area contributed by atoms with Crippen molar-refractivity contribution in [2.24, 2.45) is 34.3 Å². The van der Waals surface area contributed by atoms with Gasteiger partial charge in [0.15, 0.2) is 0 Å². The highest BCUT2D eigenvalue weighted by Crippen LogP contribution is 2.61. The quantitative estimate of drug-likeness (QED) is 0.506. The van der Waals surface area contributed by atoms with Crippen molar-refractivity contribution in [3.05, 3.63) is 12.2 Å². The van der Waals surface area contributed by atoms with E-state index in [1.165, 1.54) is 32.1 Å². The SMILES string of the molecule is C=C1C(N)CC2[C@H](O)C([C@@]3(C)CC[C@H](O)C[C@@H]3CCNC3CCCCC3)CC[C@]12C. The summed E-state index contributed by atoms with van der Waals surface area (Å²) >= 11 is 0. The normalized spacial score (nSPS) is 48.0. The first-order chi connectivity index (χ1) is 14.3. The van der Waals surface area contributed by atoms with Crippen LogP contribution in [0.1, 0.15) is 90.9 Å². The van der Waals surface area contributed by atoms with Crippen LogP contribution in [0.15, 0.2) is 12.2 Å². The number of rotatable bonds is 5. The summed E-state index contributed by atoms with van der Waals surface area (Å²) in [6.45, 7) is 10.1. The molecule has 0 spiro atoms. The molecule has 4 nitrogen and oxygen atoms in total. The lowest BCUT2D eigenvalue weighted by Gasteiger charge is -2.55. The van der Waals surface area contributed by atoms with Crippen LogP contribution < -0.4 is 11.1 Å². The van der Waals surface area contributed by atoms with Crippen molar-refractivity contribution < 1.29 is 10.2 Å². The number of aliphatic hydroxyl groups excluding tert-OH is 2.